The van der Waals surface area contributed by atoms with Crippen molar-refractivity contribution in [2.24, 2.45) is 0 Å². The number of Topliss-reactive ketones (excluding diaryl/α,β-unsaturated/α-hetero) is 1. The van der Waals surface area contributed by atoms with Crippen LogP contribution in [-0.2, 0) is 0 Å². The number of halogens is 2. The molecule has 0 unspecified atom stereocenters. The van der Waals surface area contributed by atoms with Crippen LogP contribution in [0.1, 0.15) is 27.9 Å². The minimum atomic E-state index is 0.0467. The van der Waals surface area contributed by atoms with Crippen molar-refractivity contribution in [1.82, 2.24) is 0 Å². The summed E-state index contributed by atoms with van der Waals surface area (Å²) in [5.74, 6) is 0.0467. The van der Waals surface area contributed by atoms with Crippen molar-refractivity contribution in [2.45, 2.75) is 20.3 Å². The largest absolute Gasteiger partial charge is 0.385 e. The van der Waals surface area contributed by atoms with E-state index in [0.717, 1.165) is 5.69 Å². The van der Waals surface area contributed by atoms with Gasteiger partial charge in [0.15, 0.2) is 5.78 Å². The highest BCUT2D eigenvalue weighted by molar-refractivity contribution is 6.42. The standard InChI is InChI=1S/C17H17Cl2NO/c1-11-7-12(2)9-14(8-11)20-6-5-17(21)13-3-4-15(18)16(19)10-13/h3-4,7-10,20H,5-6H2,1-2H3. The van der Waals surface area contributed by atoms with Gasteiger partial charge < -0.3 is 5.32 Å². The van der Waals surface area contributed by atoms with Crippen LogP contribution in [0.25, 0.3) is 0 Å². The molecule has 0 saturated heterocycles. The molecule has 0 aromatic heterocycles. The first-order chi connectivity index (χ1) is 9.95. The number of rotatable bonds is 5. The van der Waals surface area contributed by atoms with Gasteiger partial charge in [-0.25, -0.2) is 0 Å². The lowest BCUT2D eigenvalue weighted by Gasteiger charge is -2.08. The normalized spacial score (nSPS) is 10.5. The smallest absolute Gasteiger partial charge is 0.164 e. The zero-order valence-corrected chi connectivity index (χ0v) is 13.6. The summed E-state index contributed by atoms with van der Waals surface area (Å²) in [7, 11) is 0. The zero-order chi connectivity index (χ0) is 15.4. The molecule has 2 aromatic rings. The van der Waals surface area contributed by atoms with Crippen LogP contribution >= 0.6 is 23.2 Å². The fourth-order valence-electron chi connectivity index (χ4n) is 2.21. The van der Waals surface area contributed by atoms with Crippen molar-refractivity contribution in [3.8, 4) is 0 Å². The first kappa shape index (κ1) is 15.9. The maximum atomic E-state index is 12.1. The second-order valence-electron chi connectivity index (χ2n) is 5.11. The Hall–Kier alpha value is -1.51. The van der Waals surface area contributed by atoms with E-state index in [4.69, 9.17) is 23.2 Å². The molecule has 2 aromatic carbocycles. The Bertz CT molecular complexity index is 648. The molecule has 0 radical (unpaired) electrons. The molecule has 1 N–H and O–H groups in total. The van der Waals surface area contributed by atoms with Gasteiger partial charge in [-0.1, -0.05) is 29.3 Å². The summed E-state index contributed by atoms with van der Waals surface area (Å²) < 4.78 is 0. The van der Waals surface area contributed by atoms with E-state index in [1.54, 1.807) is 18.2 Å². The van der Waals surface area contributed by atoms with Gasteiger partial charge in [0.2, 0.25) is 0 Å². The molecule has 21 heavy (non-hydrogen) atoms. The second kappa shape index (κ2) is 6.97. The third-order valence-corrected chi connectivity index (χ3v) is 3.88. The Balaban J connectivity index is 1.93. The van der Waals surface area contributed by atoms with E-state index in [9.17, 15) is 4.79 Å². The Labute approximate surface area is 135 Å². The minimum Gasteiger partial charge on any atom is -0.385 e. The molecule has 0 amide bonds. The van der Waals surface area contributed by atoms with Crippen LogP contribution in [0.2, 0.25) is 10.0 Å². The van der Waals surface area contributed by atoms with Gasteiger partial charge in [0.1, 0.15) is 0 Å². The summed E-state index contributed by atoms with van der Waals surface area (Å²) in [4.78, 5) is 12.1. The molecule has 0 atom stereocenters. The highest BCUT2D eigenvalue weighted by Gasteiger charge is 2.08. The maximum absolute atomic E-state index is 12.1. The number of carbonyl (C=O) groups excluding carboxylic acids is 1. The summed E-state index contributed by atoms with van der Waals surface area (Å²) in [5, 5.41) is 4.14. The van der Waals surface area contributed by atoms with E-state index in [1.165, 1.54) is 11.1 Å². The predicted octanol–water partition coefficient (Wildman–Crippen LogP) is 5.30. The molecule has 0 aliphatic rings. The third kappa shape index (κ3) is 4.48. The Kier molecular flexibility index (Phi) is 5.27. The summed E-state index contributed by atoms with van der Waals surface area (Å²) in [6, 6.07) is 11.2. The number of nitrogens with one attached hydrogen (secondary N) is 1. The molecule has 0 saturated carbocycles. The number of ketones is 1. The van der Waals surface area contributed by atoms with Crippen LogP contribution in [0.4, 0.5) is 5.69 Å². The van der Waals surface area contributed by atoms with Crippen LogP contribution in [-0.4, -0.2) is 12.3 Å². The third-order valence-electron chi connectivity index (χ3n) is 3.14. The average Bonchev–Trinajstić information content (AvgIpc) is 2.40. The van der Waals surface area contributed by atoms with Gasteiger partial charge in [-0.15, -0.1) is 0 Å². The van der Waals surface area contributed by atoms with Crippen LogP contribution < -0.4 is 5.32 Å². The maximum Gasteiger partial charge on any atom is 0.164 e. The minimum absolute atomic E-state index is 0.0467. The Morgan fingerprint density at radius 1 is 1.00 bits per heavy atom. The fraction of sp³-hybridized carbons (Fsp3) is 0.235. The summed E-state index contributed by atoms with van der Waals surface area (Å²) in [6.45, 7) is 4.69. The van der Waals surface area contributed by atoms with Crippen LogP contribution in [0, 0.1) is 13.8 Å². The van der Waals surface area contributed by atoms with Crippen molar-refractivity contribution in [3.05, 3.63) is 63.1 Å². The summed E-state index contributed by atoms with van der Waals surface area (Å²) in [6.07, 6.45) is 0.408. The first-order valence-electron chi connectivity index (χ1n) is 6.76. The van der Waals surface area contributed by atoms with E-state index in [2.05, 4.69) is 37.4 Å². The van der Waals surface area contributed by atoms with Gasteiger partial charge >= 0.3 is 0 Å². The first-order valence-corrected chi connectivity index (χ1v) is 7.52. The van der Waals surface area contributed by atoms with Gasteiger partial charge in [-0.3, -0.25) is 4.79 Å². The van der Waals surface area contributed by atoms with Gasteiger partial charge in [-0.05, 0) is 55.3 Å². The molecule has 110 valence electrons. The molecular weight excluding hydrogens is 305 g/mol. The predicted molar refractivity (Wildman–Crippen MR) is 89.8 cm³/mol. The zero-order valence-electron chi connectivity index (χ0n) is 12.0. The van der Waals surface area contributed by atoms with Crippen molar-refractivity contribution in [3.63, 3.8) is 0 Å². The van der Waals surface area contributed by atoms with Gasteiger partial charge in [0, 0.05) is 24.2 Å². The molecule has 0 aliphatic carbocycles. The molecule has 0 fully saturated rings. The van der Waals surface area contributed by atoms with Crippen molar-refractivity contribution < 1.29 is 4.79 Å². The monoisotopic (exact) mass is 321 g/mol. The van der Waals surface area contributed by atoms with E-state index in [0.29, 0.717) is 28.6 Å². The topological polar surface area (TPSA) is 29.1 Å². The lowest BCUT2D eigenvalue weighted by Crippen LogP contribution is -2.09. The van der Waals surface area contributed by atoms with Gasteiger partial charge in [-0.2, -0.15) is 0 Å². The highest BCUT2D eigenvalue weighted by atomic mass is 35.5. The SMILES string of the molecule is Cc1cc(C)cc(NCCC(=O)c2ccc(Cl)c(Cl)c2)c1. The van der Waals surface area contributed by atoms with Crippen molar-refractivity contribution in [1.29, 1.82) is 0 Å². The lowest BCUT2D eigenvalue weighted by molar-refractivity contribution is 0.0986. The molecule has 2 rings (SSSR count). The summed E-state index contributed by atoms with van der Waals surface area (Å²) in [5.41, 5.74) is 4.03. The molecule has 0 bridgehead atoms. The Morgan fingerprint density at radius 2 is 1.67 bits per heavy atom. The van der Waals surface area contributed by atoms with E-state index in [1.807, 2.05) is 0 Å². The highest BCUT2D eigenvalue weighted by Crippen LogP contribution is 2.23. The van der Waals surface area contributed by atoms with Gasteiger partial charge in [0.25, 0.3) is 0 Å². The van der Waals surface area contributed by atoms with Gasteiger partial charge in [0.05, 0.1) is 10.0 Å². The fourth-order valence-corrected chi connectivity index (χ4v) is 2.51. The van der Waals surface area contributed by atoms with Crippen LogP contribution in [0.5, 0.6) is 0 Å². The lowest BCUT2D eigenvalue weighted by atomic mass is 10.1. The van der Waals surface area contributed by atoms with Crippen LogP contribution in [0.15, 0.2) is 36.4 Å². The van der Waals surface area contributed by atoms with Crippen LogP contribution in [0.3, 0.4) is 0 Å². The number of hydrogen-bond donors (Lipinski definition) is 1. The molecule has 2 nitrogen and oxygen atoms in total. The molecule has 0 spiro atoms. The van der Waals surface area contributed by atoms with E-state index < -0.39 is 0 Å². The number of aryl methyl sites for hydroxylation is 2. The molecule has 0 heterocycles. The summed E-state index contributed by atoms with van der Waals surface area (Å²) >= 11 is 11.8. The quantitative estimate of drug-likeness (QED) is 0.757. The second-order valence-corrected chi connectivity index (χ2v) is 5.92. The molecule has 0 aliphatic heterocycles. The number of hydrogen-bond acceptors (Lipinski definition) is 2. The van der Waals surface area contributed by atoms with E-state index >= 15 is 0 Å². The number of benzene rings is 2. The van der Waals surface area contributed by atoms with Crippen molar-refractivity contribution >= 4 is 34.7 Å². The number of carbonyl (C=O) groups is 1. The molecule has 4 heteroatoms. The Morgan fingerprint density at radius 3 is 2.29 bits per heavy atom. The number of anilines is 1. The molecular formula is C17H17Cl2NO. The average molecular weight is 322 g/mol. The van der Waals surface area contributed by atoms with E-state index in [-0.39, 0.29) is 5.78 Å². The van der Waals surface area contributed by atoms with Crippen molar-refractivity contribution in [2.75, 3.05) is 11.9 Å².